The van der Waals surface area contributed by atoms with Crippen LogP contribution in [0.4, 0.5) is 0 Å². The maximum atomic E-state index is 8.85. The summed E-state index contributed by atoms with van der Waals surface area (Å²) in [7, 11) is 0. The molecule has 0 atom stereocenters. The summed E-state index contributed by atoms with van der Waals surface area (Å²) >= 11 is 0. The molecule has 0 fully saturated rings. The first kappa shape index (κ1) is 10.5. The average molecular weight is 184 g/mol. The molecule has 0 aromatic heterocycles. The van der Waals surface area contributed by atoms with E-state index in [1.54, 1.807) is 6.07 Å². The van der Waals surface area contributed by atoms with Gasteiger partial charge in [0.15, 0.2) is 0 Å². The molecule has 14 heavy (non-hydrogen) atoms. The predicted octanol–water partition coefficient (Wildman–Crippen LogP) is 3.19. The fraction of sp³-hybridized carbons (Fsp3) is 0.308. The summed E-state index contributed by atoms with van der Waals surface area (Å²) in [6.07, 6.45) is 2.81. The molecule has 0 amide bonds. The third-order valence-electron chi connectivity index (χ3n) is 2.13. The van der Waals surface area contributed by atoms with Crippen LogP contribution in [0, 0.1) is 17.4 Å². The number of benzene rings is 1. The van der Waals surface area contributed by atoms with Gasteiger partial charge in [-0.25, -0.2) is 0 Å². The van der Waals surface area contributed by atoms with Gasteiger partial charge in [0.25, 0.3) is 0 Å². The number of hydrogen-bond acceptors (Lipinski definition) is 1. The largest absolute Gasteiger partial charge is 0.192 e. The van der Waals surface area contributed by atoms with Gasteiger partial charge >= 0.3 is 0 Å². The standard InChI is InChI=1S/C13H14N/c1-5-10-6-11(9-14)8-12(7-10)13(2,3)4/h6-8H,1H2,2-4H3. The van der Waals surface area contributed by atoms with Crippen molar-refractivity contribution in [1.29, 1.82) is 5.26 Å². The van der Waals surface area contributed by atoms with E-state index in [1.807, 2.05) is 12.1 Å². The van der Waals surface area contributed by atoms with E-state index >= 15 is 0 Å². The lowest BCUT2D eigenvalue weighted by Gasteiger charge is -2.19. The van der Waals surface area contributed by atoms with Gasteiger partial charge in [-0.3, -0.25) is 0 Å². The number of rotatable bonds is 1. The van der Waals surface area contributed by atoms with Gasteiger partial charge in [-0.2, -0.15) is 5.26 Å². The van der Waals surface area contributed by atoms with Crippen LogP contribution >= 0.6 is 0 Å². The Morgan fingerprint density at radius 2 is 1.71 bits per heavy atom. The van der Waals surface area contributed by atoms with Crippen LogP contribution in [0.3, 0.4) is 0 Å². The summed E-state index contributed by atoms with van der Waals surface area (Å²) in [6.45, 7) is 9.96. The van der Waals surface area contributed by atoms with Crippen LogP contribution in [0.5, 0.6) is 0 Å². The molecule has 71 valence electrons. The van der Waals surface area contributed by atoms with Gasteiger partial charge < -0.3 is 0 Å². The summed E-state index contributed by atoms with van der Waals surface area (Å²) in [5.74, 6) is 0. The zero-order valence-corrected chi connectivity index (χ0v) is 8.89. The van der Waals surface area contributed by atoms with Crippen LogP contribution in [0.1, 0.15) is 37.5 Å². The van der Waals surface area contributed by atoms with Crippen molar-refractivity contribution in [3.05, 3.63) is 47.5 Å². The van der Waals surface area contributed by atoms with Gasteiger partial charge in [0.05, 0.1) is 11.6 Å². The van der Waals surface area contributed by atoms with Crippen molar-refractivity contribution in [2.24, 2.45) is 0 Å². The smallest absolute Gasteiger partial charge is 0.0991 e. The van der Waals surface area contributed by atoms with Gasteiger partial charge in [-0.15, -0.1) is 0 Å². The summed E-state index contributed by atoms with van der Waals surface area (Å²) in [5.41, 5.74) is 2.75. The van der Waals surface area contributed by atoms with Crippen LogP contribution in [-0.4, -0.2) is 0 Å². The molecule has 1 rings (SSSR count). The zero-order valence-electron chi connectivity index (χ0n) is 8.89. The quantitative estimate of drug-likeness (QED) is 0.657. The Bertz CT molecular complexity index is 389. The minimum atomic E-state index is 0.0540. The molecule has 0 aliphatic rings. The molecule has 1 radical (unpaired) electrons. The van der Waals surface area contributed by atoms with E-state index in [0.29, 0.717) is 5.56 Å². The SMILES string of the molecule is C=[C]c1cc(C#N)cc(C(C)(C)C)c1. The van der Waals surface area contributed by atoms with Crippen LogP contribution in [0.25, 0.3) is 0 Å². The Balaban J connectivity index is 3.33. The molecule has 0 saturated heterocycles. The lowest BCUT2D eigenvalue weighted by molar-refractivity contribution is 0.590. The molecule has 1 aromatic carbocycles. The van der Waals surface area contributed by atoms with Crippen LogP contribution in [0.15, 0.2) is 24.8 Å². The van der Waals surface area contributed by atoms with E-state index in [-0.39, 0.29) is 5.41 Å². The molecular formula is C13H14N. The lowest BCUT2D eigenvalue weighted by atomic mass is 9.85. The first-order valence-electron chi connectivity index (χ1n) is 4.56. The van der Waals surface area contributed by atoms with Crippen molar-refractivity contribution >= 4 is 0 Å². The van der Waals surface area contributed by atoms with Crippen molar-refractivity contribution < 1.29 is 0 Å². The maximum Gasteiger partial charge on any atom is 0.0991 e. The monoisotopic (exact) mass is 184 g/mol. The molecule has 0 N–H and O–H groups in total. The molecule has 0 aliphatic heterocycles. The molecule has 0 unspecified atom stereocenters. The first-order chi connectivity index (χ1) is 6.47. The highest BCUT2D eigenvalue weighted by atomic mass is 14.2. The summed E-state index contributed by atoms with van der Waals surface area (Å²) in [5, 5.41) is 8.85. The van der Waals surface area contributed by atoms with Crippen molar-refractivity contribution in [3.8, 4) is 6.07 Å². The molecule has 0 heterocycles. The van der Waals surface area contributed by atoms with Gasteiger partial charge in [-0.05, 0) is 34.8 Å². The molecule has 0 bridgehead atoms. The Morgan fingerprint density at radius 1 is 1.14 bits per heavy atom. The first-order valence-corrected chi connectivity index (χ1v) is 4.56. The van der Waals surface area contributed by atoms with E-state index in [0.717, 1.165) is 11.1 Å². The fourth-order valence-electron chi connectivity index (χ4n) is 1.23. The zero-order chi connectivity index (χ0) is 10.8. The van der Waals surface area contributed by atoms with Crippen LogP contribution in [-0.2, 0) is 5.41 Å². The topological polar surface area (TPSA) is 23.8 Å². The van der Waals surface area contributed by atoms with Gasteiger partial charge in [0.2, 0.25) is 0 Å². The molecule has 1 heteroatoms. The minimum Gasteiger partial charge on any atom is -0.192 e. The summed E-state index contributed by atoms with van der Waals surface area (Å²) < 4.78 is 0. The molecule has 1 aromatic rings. The lowest BCUT2D eigenvalue weighted by Crippen LogP contribution is -2.11. The van der Waals surface area contributed by atoms with E-state index in [1.165, 1.54) is 0 Å². The Hall–Kier alpha value is -1.55. The minimum absolute atomic E-state index is 0.0540. The average Bonchev–Trinajstić information content (AvgIpc) is 2.15. The van der Waals surface area contributed by atoms with E-state index in [9.17, 15) is 0 Å². The van der Waals surface area contributed by atoms with Gasteiger partial charge in [-0.1, -0.05) is 33.4 Å². The van der Waals surface area contributed by atoms with E-state index < -0.39 is 0 Å². The number of hydrogen-bond donors (Lipinski definition) is 0. The second kappa shape index (κ2) is 3.67. The highest BCUT2D eigenvalue weighted by Gasteiger charge is 2.14. The third-order valence-corrected chi connectivity index (χ3v) is 2.13. The normalized spacial score (nSPS) is 10.7. The van der Waals surface area contributed by atoms with Crippen LogP contribution < -0.4 is 0 Å². The fourth-order valence-corrected chi connectivity index (χ4v) is 1.23. The number of nitrogens with zero attached hydrogens (tertiary/aromatic N) is 1. The molecule has 0 aliphatic carbocycles. The molecule has 0 spiro atoms. The Morgan fingerprint density at radius 3 is 2.14 bits per heavy atom. The highest BCUT2D eigenvalue weighted by molar-refractivity contribution is 5.41. The van der Waals surface area contributed by atoms with Gasteiger partial charge in [0, 0.05) is 0 Å². The maximum absolute atomic E-state index is 8.85. The third kappa shape index (κ3) is 2.23. The van der Waals surface area contributed by atoms with Crippen molar-refractivity contribution in [2.75, 3.05) is 0 Å². The van der Waals surface area contributed by atoms with Crippen LogP contribution in [0.2, 0.25) is 0 Å². The molecule has 1 nitrogen and oxygen atoms in total. The Labute approximate surface area is 85.7 Å². The van der Waals surface area contributed by atoms with E-state index in [4.69, 9.17) is 5.26 Å². The second-order valence-corrected chi connectivity index (χ2v) is 4.34. The molecular weight excluding hydrogens is 170 g/mol. The predicted molar refractivity (Wildman–Crippen MR) is 57.8 cm³/mol. The number of nitriles is 1. The van der Waals surface area contributed by atoms with Crippen molar-refractivity contribution in [3.63, 3.8) is 0 Å². The summed E-state index contributed by atoms with van der Waals surface area (Å²) in [4.78, 5) is 0. The van der Waals surface area contributed by atoms with Gasteiger partial charge in [0.1, 0.15) is 0 Å². The Kier molecular flexibility index (Phi) is 2.76. The highest BCUT2D eigenvalue weighted by Crippen LogP contribution is 2.24. The van der Waals surface area contributed by atoms with E-state index in [2.05, 4.69) is 39.5 Å². The summed E-state index contributed by atoms with van der Waals surface area (Å²) in [6, 6.07) is 7.88. The van der Waals surface area contributed by atoms with Crippen molar-refractivity contribution in [2.45, 2.75) is 26.2 Å². The molecule has 0 saturated carbocycles. The second-order valence-electron chi connectivity index (χ2n) is 4.34. The van der Waals surface area contributed by atoms with Crippen molar-refractivity contribution in [1.82, 2.24) is 0 Å².